The van der Waals surface area contributed by atoms with Gasteiger partial charge in [-0.3, -0.25) is 9.69 Å². The zero-order chi connectivity index (χ0) is 10.7. The third-order valence-corrected chi connectivity index (χ3v) is 3.38. The number of carbonyl (C=O) groups is 1. The van der Waals surface area contributed by atoms with E-state index in [2.05, 4.69) is 10.2 Å². The molecule has 5 heteroatoms. The molecule has 0 radical (unpaired) electrons. The Hall–Kier alpha value is -0.650. The van der Waals surface area contributed by atoms with Crippen molar-refractivity contribution in [3.8, 4) is 0 Å². The van der Waals surface area contributed by atoms with Gasteiger partial charge >= 0.3 is 5.97 Å². The molecule has 86 valence electrons. The van der Waals surface area contributed by atoms with Crippen LogP contribution >= 0.6 is 0 Å². The van der Waals surface area contributed by atoms with E-state index in [1.54, 1.807) is 0 Å². The molecule has 2 rings (SSSR count). The van der Waals surface area contributed by atoms with Crippen LogP contribution in [0.5, 0.6) is 0 Å². The van der Waals surface area contributed by atoms with Gasteiger partial charge in [-0.05, 0) is 19.4 Å². The van der Waals surface area contributed by atoms with Gasteiger partial charge in [0.2, 0.25) is 0 Å². The van der Waals surface area contributed by atoms with Gasteiger partial charge in [0.25, 0.3) is 0 Å². The molecule has 5 nitrogen and oxygen atoms in total. The van der Waals surface area contributed by atoms with Crippen molar-refractivity contribution >= 4 is 5.97 Å². The Balaban J connectivity index is 2.12. The first-order valence-electron chi connectivity index (χ1n) is 5.53. The first kappa shape index (κ1) is 10.9. The number of hydrogen-bond donors (Lipinski definition) is 2. The quantitative estimate of drug-likeness (QED) is 0.650. The molecular weight excluding hydrogens is 196 g/mol. The van der Waals surface area contributed by atoms with Gasteiger partial charge < -0.3 is 15.2 Å². The molecule has 1 unspecified atom stereocenters. The van der Waals surface area contributed by atoms with E-state index in [0.717, 1.165) is 32.5 Å². The number of morpholine rings is 1. The van der Waals surface area contributed by atoms with Gasteiger partial charge in [0.1, 0.15) is 5.54 Å². The average molecular weight is 214 g/mol. The van der Waals surface area contributed by atoms with Crippen LogP contribution < -0.4 is 5.32 Å². The summed E-state index contributed by atoms with van der Waals surface area (Å²) in [5, 5.41) is 12.6. The fraction of sp³-hybridized carbons (Fsp3) is 0.900. The fourth-order valence-electron chi connectivity index (χ4n) is 2.47. The Morgan fingerprint density at radius 1 is 1.40 bits per heavy atom. The predicted molar refractivity (Wildman–Crippen MR) is 54.9 cm³/mol. The fourth-order valence-corrected chi connectivity index (χ4v) is 2.47. The summed E-state index contributed by atoms with van der Waals surface area (Å²) in [6.07, 6.45) is 1.68. The van der Waals surface area contributed by atoms with Crippen LogP contribution in [0, 0.1) is 0 Å². The number of nitrogens with one attached hydrogen (secondary N) is 1. The summed E-state index contributed by atoms with van der Waals surface area (Å²) >= 11 is 0. The van der Waals surface area contributed by atoms with Gasteiger partial charge in [0.05, 0.1) is 13.2 Å². The highest BCUT2D eigenvalue weighted by molar-refractivity contribution is 5.79. The lowest BCUT2D eigenvalue weighted by molar-refractivity contribution is -0.156. The lowest BCUT2D eigenvalue weighted by Gasteiger charge is -2.44. The van der Waals surface area contributed by atoms with Crippen LogP contribution in [-0.4, -0.2) is 60.9 Å². The molecule has 0 aromatic carbocycles. The highest BCUT2D eigenvalue weighted by Gasteiger charge is 2.45. The number of carboxylic acid groups (broad SMARTS) is 1. The number of hydrogen-bond acceptors (Lipinski definition) is 4. The molecule has 0 amide bonds. The number of piperidine rings is 1. The van der Waals surface area contributed by atoms with E-state index in [9.17, 15) is 9.90 Å². The third kappa shape index (κ3) is 2.00. The minimum atomic E-state index is -0.698. The summed E-state index contributed by atoms with van der Waals surface area (Å²) < 4.78 is 5.26. The molecule has 0 aliphatic carbocycles. The molecule has 1 atom stereocenters. The van der Waals surface area contributed by atoms with Crippen molar-refractivity contribution < 1.29 is 14.6 Å². The minimum absolute atomic E-state index is 0.558. The topological polar surface area (TPSA) is 61.8 Å². The zero-order valence-corrected chi connectivity index (χ0v) is 8.87. The monoisotopic (exact) mass is 214 g/mol. The van der Waals surface area contributed by atoms with Crippen molar-refractivity contribution in [2.75, 3.05) is 39.4 Å². The molecule has 2 aliphatic heterocycles. The van der Waals surface area contributed by atoms with Crippen LogP contribution in [0.15, 0.2) is 0 Å². The highest BCUT2D eigenvalue weighted by Crippen LogP contribution is 2.25. The maximum Gasteiger partial charge on any atom is 0.325 e. The van der Waals surface area contributed by atoms with Gasteiger partial charge in [0.15, 0.2) is 0 Å². The normalized spacial score (nSPS) is 33.9. The van der Waals surface area contributed by atoms with E-state index in [1.165, 1.54) is 0 Å². The number of rotatable bonds is 2. The number of ether oxygens (including phenoxy) is 1. The van der Waals surface area contributed by atoms with Crippen molar-refractivity contribution in [3.05, 3.63) is 0 Å². The lowest BCUT2D eigenvalue weighted by atomic mass is 9.88. The van der Waals surface area contributed by atoms with Crippen LogP contribution in [-0.2, 0) is 9.53 Å². The Bertz CT molecular complexity index is 233. The van der Waals surface area contributed by atoms with E-state index in [4.69, 9.17) is 4.74 Å². The van der Waals surface area contributed by atoms with Gasteiger partial charge in [-0.1, -0.05) is 0 Å². The Morgan fingerprint density at radius 2 is 2.13 bits per heavy atom. The van der Waals surface area contributed by atoms with Gasteiger partial charge in [-0.25, -0.2) is 0 Å². The van der Waals surface area contributed by atoms with Gasteiger partial charge in [-0.2, -0.15) is 0 Å². The van der Waals surface area contributed by atoms with Crippen molar-refractivity contribution in [1.82, 2.24) is 10.2 Å². The molecule has 0 aromatic heterocycles. The maximum absolute atomic E-state index is 11.5. The molecule has 2 N–H and O–H groups in total. The first-order chi connectivity index (χ1) is 7.26. The summed E-state index contributed by atoms with van der Waals surface area (Å²) in [6, 6.07) is 0. The molecular formula is C10H18N2O3. The second-order valence-electron chi connectivity index (χ2n) is 4.22. The van der Waals surface area contributed by atoms with Crippen molar-refractivity contribution in [2.24, 2.45) is 0 Å². The van der Waals surface area contributed by atoms with Crippen LogP contribution in [0.1, 0.15) is 12.8 Å². The maximum atomic E-state index is 11.5. The summed E-state index contributed by atoms with van der Waals surface area (Å²) in [5.41, 5.74) is -0.692. The molecule has 2 aliphatic rings. The smallest absolute Gasteiger partial charge is 0.325 e. The van der Waals surface area contributed by atoms with Gasteiger partial charge in [-0.15, -0.1) is 0 Å². The van der Waals surface area contributed by atoms with Crippen molar-refractivity contribution in [1.29, 1.82) is 0 Å². The molecule has 2 fully saturated rings. The molecule has 0 aromatic rings. The van der Waals surface area contributed by atoms with E-state index in [-0.39, 0.29) is 0 Å². The SMILES string of the molecule is O=C(O)C1(N2CCOCC2)CCCNC1. The van der Waals surface area contributed by atoms with Crippen LogP contribution in [0.25, 0.3) is 0 Å². The number of nitrogens with zero attached hydrogens (tertiary/aromatic N) is 1. The van der Waals surface area contributed by atoms with E-state index in [0.29, 0.717) is 19.8 Å². The molecule has 0 saturated carbocycles. The van der Waals surface area contributed by atoms with Crippen molar-refractivity contribution in [2.45, 2.75) is 18.4 Å². The Kier molecular flexibility index (Phi) is 3.23. The molecule has 0 spiro atoms. The Labute approximate surface area is 89.4 Å². The third-order valence-electron chi connectivity index (χ3n) is 3.38. The molecule has 2 saturated heterocycles. The molecule has 0 bridgehead atoms. The van der Waals surface area contributed by atoms with Crippen LogP contribution in [0.3, 0.4) is 0 Å². The average Bonchev–Trinajstić information content (AvgIpc) is 2.31. The van der Waals surface area contributed by atoms with Crippen LogP contribution in [0.2, 0.25) is 0 Å². The largest absolute Gasteiger partial charge is 0.480 e. The standard InChI is InChI=1S/C10H18N2O3/c13-9(14)10(2-1-3-11-8-10)12-4-6-15-7-5-12/h11H,1-8H2,(H,13,14). The van der Waals surface area contributed by atoms with E-state index >= 15 is 0 Å². The molecule has 15 heavy (non-hydrogen) atoms. The van der Waals surface area contributed by atoms with Crippen molar-refractivity contribution in [3.63, 3.8) is 0 Å². The van der Waals surface area contributed by atoms with Gasteiger partial charge in [0, 0.05) is 19.6 Å². The number of aliphatic carboxylic acids is 1. The minimum Gasteiger partial charge on any atom is -0.480 e. The predicted octanol–water partition coefficient (Wildman–Crippen LogP) is -0.475. The Morgan fingerprint density at radius 3 is 2.67 bits per heavy atom. The zero-order valence-electron chi connectivity index (χ0n) is 8.87. The molecule has 2 heterocycles. The second-order valence-corrected chi connectivity index (χ2v) is 4.22. The highest BCUT2D eigenvalue weighted by atomic mass is 16.5. The summed E-state index contributed by atoms with van der Waals surface area (Å²) in [4.78, 5) is 13.5. The van der Waals surface area contributed by atoms with E-state index in [1.807, 2.05) is 0 Å². The summed E-state index contributed by atoms with van der Waals surface area (Å²) in [5.74, 6) is -0.698. The van der Waals surface area contributed by atoms with Crippen LogP contribution in [0.4, 0.5) is 0 Å². The summed E-state index contributed by atoms with van der Waals surface area (Å²) in [7, 11) is 0. The number of carboxylic acids is 1. The van der Waals surface area contributed by atoms with E-state index < -0.39 is 11.5 Å². The lowest BCUT2D eigenvalue weighted by Crippen LogP contribution is -2.64. The summed E-state index contributed by atoms with van der Waals surface area (Å²) in [6.45, 7) is 4.24. The second kappa shape index (κ2) is 4.47. The first-order valence-corrected chi connectivity index (χ1v) is 5.53.